The van der Waals surface area contributed by atoms with Crippen molar-refractivity contribution in [1.29, 1.82) is 0 Å². The first-order chi connectivity index (χ1) is 32.3. The first-order valence-electron chi connectivity index (χ1n) is 24.1. The number of carbonyl (C=O) groups excluding carboxylic acids is 2. The zero-order chi connectivity index (χ0) is 49.6. The fourth-order valence-electron chi connectivity index (χ4n) is 5.83. The van der Waals surface area contributed by atoms with E-state index in [-0.39, 0.29) is 31.4 Å². The summed E-state index contributed by atoms with van der Waals surface area (Å²) in [5.41, 5.74) is 6.16. The topological polar surface area (TPSA) is 232 Å². The van der Waals surface area contributed by atoms with Crippen molar-refractivity contribution in [3.05, 3.63) is 97.2 Å². The number of carboxylic acids is 1. The van der Waals surface area contributed by atoms with Crippen LogP contribution in [0.4, 0.5) is 0 Å². The Bertz CT molecular complexity index is 1560. The zero-order valence-electron chi connectivity index (χ0n) is 40.2. The molecule has 0 aromatic carbocycles. The number of aliphatic hydroxyl groups is 3. The molecule has 0 aliphatic rings. The molecule has 0 rings (SSSR count). The molecule has 0 fully saturated rings. The number of aliphatic hydroxyl groups excluding tert-OH is 3. The molecule has 0 spiro atoms. The lowest BCUT2D eigenvalue weighted by molar-refractivity contribution is -0.161. The molecule has 6 atom stereocenters. The van der Waals surface area contributed by atoms with Crippen LogP contribution in [0.2, 0.25) is 0 Å². The van der Waals surface area contributed by atoms with Gasteiger partial charge in [-0.15, -0.1) is 11.8 Å². The van der Waals surface area contributed by atoms with Crippen LogP contribution in [0.5, 0.6) is 0 Å². The van der Waals surface area contributed by atoms with Gasteiger partial charge in [0, 0.05) is 23.8 Å². The van der Waals surface area contributed by atoms with Crippen molar-refractivity contribution in [2.24, 2.45) is 5.73 Å². The van der Waals surface area contributed by atoms with Gasteiger partial charge in [-0.25, -0.2) is 4.57 Å². The van der Waals surface area contributed by atoms with Crippen molar-refractivity contribution >= 4 is 37.5 Å². The lowest BCUT2D eigenvalue weighted by atomic mass is 10.1. The quantitative estimate of drug-likeness (QED) is 0.0110. The Morgan fingerprint density at radius 3 is 1.76 bits per heavy atom. The van der Waals surface area contributed by atoms with Crippen molar-refractivity contribution in [1.82, 2.24) is 0 Å². The Morgan fingerprint density at radius 2 is 1.19 bits per heavy atom. The first-order valence-corrected chi connectivity index (χ1v) is 26.7. The van der Waals surface area contributed by atoms with E-state index < -0.39 is 81.8 Å². The Morgan fingerprint density at radius 1 is 0.657 bits per heavy atom. The van der Waals surface area contributed by atoms with Gasteiger partial charge in [0.05, 0.1) is 25.9 Å². The van der Waals surface area contributed by atoms with Gasteiger partial charge < -0.3 is 40.5 Å². The molecule has 14 nitrogen and oxygen atoms in total. The number of phosphoric ester groups is 1. The number of hydrogen-bond acceptors (Lipinski definition) is 13. The van der Waals surface area contributed by atoms with Crippen molar-refractivity contribution < 1.29 is 62.8 Å². The molecule has 0 bridgehead atoms. The molecular weight excluding hydrogens is 898 g/mol. The van der Waals surface area contributed by atoms with Crippen molar-refractivity contribution in [2.75, 3.05) is 32.2 Å². The summed E-state index contributed by atoms with van der Waals surface area (Å²) in [5.74, 6) is -2.47. The average molecular weight is 982 g/mol. The number of carbonyl (C=O) groups is 3. The van der Waals surface area contributed by atoms with Crippen molar-refractivity contribution in [2.45, 2.75) is 172 Å². The Balaban J connectivity index is 5.17. The summed E-state index contributed by atoms with van der Waals surface area (Å²) >= 11 is 1.18. The van der Waals surface area contributed by atoms with Crippen LogP contribution in [0.25, 0.3) is 0 Å². The predicted molar refractivity (Wildman–Crippen MR) is 270 cm³/mol. The van der Waals surface area contributed by atoms with Crippen LogP contribution in [-0.4, -0.2) is 105 Å². The maximum atomic E-state index is 13.0. The van der Waals surface area contributed by atoms with E-state index >= 15 is 0 Å². The molecule has 7 N–H and O–H groups in total. The minimum atomic E-state index is -4.77. The van der Waals surface area contributed by atoms with E-state index in [0.717, 1.165) is 57.8 Å². The number of aliphatic carboxylic acids is 1. The lowest BCUT2D eigenvalue weighted by Gasteiger charge is -2.22. The van der Waals surface area contributed by atoms with Crippen LogP contribution in [0.1, 0.15) is 142 Å². The van der Waals surface area contributed by atoms with Crippen LogP contribution in [0, 0.1) is 0 Å². The molecular formula is C51H84NO13PS. The van der Waals surface area contributed by atoms with Gasteiger partial charge >= 0.3 is 25.7 Å². The second-order valence-corrected chi connectivity index (χ2v) is 18.6. The van der Waals surface area contributed by atoms with Gasteiger partial charge in [-0.3, -0.25) is 23.4 Å². The van der Waals surface area contributed by atoms with Crippen molar-refractivity contribution in [3.63, 3.8) is 0 Å². The molecule has 0 aromatic heterocycles. The van der Waals surface area contributed by atoms with E-state index in [2.05, 4.69) is 79.1 Å². The molecule has 67 heavy (non-hydrogen) atoms. The highest BCUT2D eigenvalue weighted by atomic mass is 32.2. The number of thioether (sulfide) groups is 1. The Hall–Kier alpha value is -3.37. The number of nitrogens with two attached hydrogens (primary N) is 1. The van der Waals surface area contributed by atoms with E-state index in [4.69, 9.17) is 29.9 Å². The minimum Gasteiger partial charge on any atom is -0.481 e. The highest BCUT2D eigenvalue weighted by Gasteiger charge is 2.28. The standard InChI is InChI=1S/C51H84NO13PS/c1-3-5-7-9-11-13-15-17-18-19-20-21-22-23-25-27-29-31-33-38-50(58)65-45(42-64-66(60,61)63-40-44(54)39-53)41-62-51(59)46(52)43-67-48(47(55)35-34-37-49(56)57)36-32-30-28-26-24-16-14-12-10-8-6-4-2/h11-14,17-18,20-21,23-26,28,30,32,36,44-48,53-55H,3-10,15-16,19,22,27,29,31,33-35,37-43,52H2,1-2H3,(H,56,57)(H,60,61)/b13-11-,14-12-,18-17-,21-20-,25-23-,26-24-,30-28+,36-32+/t44-,45+,46-,47-,48+/m0/s1. The highest BCUT2D eigenvalue weighted by Crippen LogP contribution is 2.43. The number of ether oxygens (including phenoxy) is 2. The summed E-state index contributed by atoms with van der Waals surface area (Å²) < 4.78 is 32.9. The Kier molecular flexibility index (Phi) is 42.8. The third-order valence-electron chi connectivity index (χ3n) is 9.71. The molecule has 0 aliphatic heterocycles. The summed E-state index contributed by atoms with van der Waals surface area (Å²) in [5, 5.41) is 37.9. The number of allylic oxidation sites excluding steroid dienone is 15. The number of unbranched alkanes of at least 4 members (excludes halogenated alkanes) is 9. The summed E-state index contributed by atoms with van der Waals surface area (Å²) in [6, 6.07) is -1.19. The predicted octanol–water partition coefficient (Wildman–Crippen LogP) is 10.1. The summed E-state index contributed by atoms with van der Waals surface area (Å²) in [7, 11) is -4.77. The van der Waals surface area contributed by atoms with Gasteiger partial charge in [0.1, 0.15) is 18.8 Å². The summed E-state index contributed by atoms with van der Waals surface area (Å²) in [6.45, 7) is 1.70. The third kappa shape index (κ3) is 42.5. The van der Waals surface area contributed by atoms with E-state index in [1.54, 1.807) is 18.2 Å². The molecule has 0 saturated heterocycles. The van der Waals surface area contributed by atoms with Crippen LogP contribution in [0.15, 0.2) is 97.2 Å². The number of esters is 2. The van der Waals surface area contributed by atoms with Crippen LogP contribution < -0.4 is 5.73 Å². The average Bonchev–Trinajstić information content (AvgIpc) is 3.30. The molecule has 0 radical (unpaired) electrons. The van der Waals surface area contributed by atoms with Gasteiger partial charge in [0.15, 0.2) is 6.10 Å². The smallest absolute Gasteiger partial charge is 0.472 e. The van der Waals surface area contributed by atoms with Gasteiger partial charge in [-0.1, -0.05) is 143 Å². The van der Waals surface area contributed by atoms with E-state index in [1.807, 2.05) is 18.2 Å². The summed E-state index contributed by atoms with van der Waals surface area (Å²) in [6.07, 6.45) is 45.5. The third-order valence-corrected chi connectivity index (χ3v) is 12.1. The second kappa shape index (κ2) is 45.1. The van der Waals surface area contributed by atoms with Crippen LogP contribution in [0.3, 0.4) is 0 Å². The van der Waals surface area contributed by atoms with Gasteiger partial charge in [0.2, 0.25) is 0 Å². The Labute approximate surface area is 405 Å². The fraction of sp³-hybridized carbons (Fsp3) is 0.627. The van der Waals surface area contributed by atoms with Crippen LogP contribution in [-0.2, 0) is 37.5 Å². The normalized spacial score (nSPS) is 15.8. The van der Waals surface area contributed by atoms with Crippen LogP contribution >= 0.6 is 19.6 Å². The SMILES string of the molecule is CCCCC/C=C\C\C=C/C=C/C=C/[C@@H](SC[C@H](N)C(=O)OC[C@H](COP(=O)(O)OC[C@@H](O)CO)OC(=O)CCCCC/C=C\C/C=C\C/C=C\C/C=C\CCCCC)[C@@H](O)CCCC(=O)O. The molecule has 1 unspecified atom stereocenters. The molecule has 0 amide bonds. The molecule has 382 valence electrons. The second-order valence-electron chi connectivity index (χ2n) is 16.0. The molecule has 16 heteroatoms. The molecule has 0 aliphatic carbocycles. The number of phosphoric acid groups is 1. The molecule has 0 heterocycles. The molecule has 0 saturated carbocycles. The van der Waals surface area contributed by atoms with Gasteiger partial charge in [-0.05, 0) is 83.5 Å². The number of hydrogen-bond donors (Lipinski definition) is 6. The summed E-state index contributed by atoms with van der Waals surface area (Å²) in [4.78, 5) is 46.9. The fourth-order valence-corrected chi connectivity index (χ4v) is 7.74. The number of carboxylic acid groups (broad SMARTS) is 1. The maximum Gasteiger partial charge on any atom is 0.472 e. The molecule has 0 aromatic rings. The van der Waals surface area contributed by atoms with Gasteiger partial charge in [-0.2, -0.15) is 0 Å². The zero-order valence-corrected chi connectivity index (χ0v) is 41.9. The van der Waals surface area contributed by atoms with E-state index in [1.165, 1.54) is 50.3 Å². The largest absolute Gasteiger partial charge is 0.481 e. The monoisotopic (exact) mass is 982 g/mol. The van der Waals surface area contributed by atoms with E-state index in [9.17, 15) is 34.1 Å². The maximum absolute atomic E-state index is 13.0. The number of rotatable bonds is 44. The van der Waals surface area contributed by atoms with Gasteiger partial charge in [0.25, 0.3) is 0 Å². The van der Waals surface area contributed by atoms with Crippen molar-refractivity contribution in [3.8, 4) is 0 Å². The lowest BCUT2D eigenvalue weighted by Crippen LogP contribution is -2.38. The highest BCUT2D eigenvalue weighted by molar-refractivity contribution is 8.00. The minimum absolute atomic E-state index is 0.00686. The van der Waals surface area contributed by atoms with E-state index in [0.29, 0.717) is 6.42 Å². The first kappa shape index (κ1) is 63.6.